The van der Waals surface area contributed by atoms with Crippen LogP contribution in [0.5, 0.6) is 0 Å². The molecule has 1 aromatic carbocycles. The normalized spacial score (nSPS) is 21.7. The van der Waals surface area contributed by atoms with E-state index in [1.54, 1.807) is 31.2 Å². The average molecular weight is 547 g/mol. The summed E-state index contributed by atoms with van der Waals surface area (Å²) in [6.07, 6.45) is 6.44. The number of sulfonamides is 1. The number of aryl methyl sites for hydroxylation is 1. The van der Waals surface area contributed by atoms with Gasteiger partial charge in [-0.25, -0.2) is 22.2 Å². The maximum atomic E-state index is 13.5. The number of anilines is 4. The molecular formula is C26H32F2N6O3S. The Morgan fingerprint density at radius 1 is 1.05 bits per heavy atom. The SMILES string of the molecule is Cc1cc(NC(=O)c2ccc(NS(=O)(=O)CC3CC3)cc2N2CCC3(CC2)CC3)nc(N2CC(F)(F)C2)n1. The maximum absolute atomic E-state index is 13.5. The van der Waals surface area contributed by atoms with Gasteiger partial charge < -0.3 is 15.1 Å². The second kappa shape index (κ2) is 9.03. The predicted molar refractivity (Wildman–Crippen MR) is 142 cm³/mol. The fraction of sp³-hybridized carbons (Fsp3) is 0.577. The van der Waals surface area contributed by atoms with Crippen LogP contribution in [-0.2, 0) is 10.0 Å². The number of halogens is 2. The zero-order valence-electron chi connectivity index (χ0n) is 21.3. The molecule has 6 rings (SSSR count). The zero-order chi connectivity index (χ0) is 26.7. The van der Waals surface area contributed by atoms with Gasteiger partial charge in [-0.1, -0.05) is 0 Å². The Balaban J connectivity index is 1.24. The third kappa shape index (κ3) is 5.55. The molecule has 4 aliphatic rings. The van der Waals surface area contributed by atoms with Gasteiger partial charge in [0, 0.05) is 24.8 Å². The lowest BCUT2D eigenvalue weighted by Gasteiger charge is -2.38. The summed E-state index contributed by atoms with van der Waals surface area (Å²) in [6.45, 7) is 2.39. The average Bonchev–Trinajstić information content (AvgIpc) is 3.76. The molecule has 0 unspecified atom stereocenters. The molecule has 12 heteroatoms. The third-order valence-corrected chi connectivity index (χ3v) is 9.46. The minimum absolute atomic E-state index is 0.106. The van der Waals surface area contributed by atoms with Gasteiger partial charge in [0.25, 0.3) is 11.8 Å². The highest BCUT2D eigenvalue weighted by Crippen LogP contribution is 2.54. The van der Waals surface area contributed by atoms with E-state index < -0.39 is 34.9 Å². The van der Waals surface area contributed by atoms with E-state index in [4.69, 9.17) is 0 Å². The largest absolute Gasteiger partial charge is 0.371 e. The number of carbonyl (C=O) groups excluding carboxylic acids is 1. The summed E-state index contributed by atoms with van der Waals surface area (Å²) in [7, 11) is -3.48. The van der Waals surface area contributed by atoms with Gasteiger partial charge in [-0.05, 0) is 75.0 Å². The van der Waals surface area contributed by atoms with Crippen LogP contribution in [0.25, 0.3) is 0 Å². The molecule has 2 N–H and O–H groups in total. The van der Waals surface area contributed by atoms with E-state index in [2.05, 4.69) is 24.9 Å². The Labute approximate surface area is 221 Å². The second-order valence-electron chi connectivity index (χ2n) is 11.4. The van der Waals surface area contributed by atoms with Gasteiger partial charge in [-0.3, -0.25) is 9.52 Å². The highest BCUT2D eigenvalue weighted by molar-refractivity contribution is 7.92. The smallest absolute Gasteiger partial charge is 0.282 e. The Bertz CT molecular complexity index is 1360. The number of hydrogen-bond acceptors (Lipinski definition) is 7. The molecule has 2 saturated heterocycles. The molecule has 1 amide bonds. The number of amides is 1. The Hall–Kier alpha value is -3.02. The van der Waals surface area contributed by atoms with Crippen LogP contribution in [0.1, 0.15) is 54.6 Å². The van der Waals surface area contributed by atoms with Crippen LogP contribution in [0.3, 0.4) is 0 Å². The lowest BCUT2D eigenvalue weighted by atomic mass is 9.93. The van der Waals surface area contributed by atoms with E-state index in [1.807, 2.05) is 0 Å². The van der Waals surface area contributed by atoms with Crippen LogP contribution in [0.15, 0.2) is 24.3 Å². The van der Waals surface area contributed by atoms with Crippen molar-refractivity contribution in [2.24, 2.45) is 11.3 Å². The van der Waals surface area contributed by atoms with Crippen molar-refractivity contribution in [1.82, 2.24) is 9.97 Å². The van der Waals surface area contributed by atoms with Crippen LogP contribution >= 0.6 is 0 Å². The summed E-state index contributed by atoms with van der Waals surface area (Å²) >= 11 is 0. The van der Waals surface area contributed by atoms with Crippen molar-refractivity contribution in [3.05, 3.63) is 35.5 Å². The van der Waals surface area contributed by atoms with Crippen molar-refractivity contribution in [3.8, 4) is 0 Å². The van der Waals surface area contributed by atoms with Gasteiger partial charge in [-0.2, -0.15) is 4.98 Å². The molecule has 4 fully saturated rings. The van der Waals surface area contributed by atoms with Gasteiger partial charge in [-0.15, -0.1) is 0 Å². The molecule has 2 aliphatic carbocycles. The highest BCUT2D eigenvalue weighted by Gasteiger charge is 2.46. The van der Waals surface area contributed by atoms with Gasteiger partial charge in [0.1, 0.15) is 5.82 Å². The number of nitrogens with one attached hydrogen (secondary N) is 2. The van der Waals surface area contributed by atoms with Crippen LogP contribution < -0.4 is 19.8 Å². The molecular weight excluding hydrogens is 514 g/mol. The van der Waals surface area contributed by atoms with Gasteiger partial charge in [0.05, 0.1) is 35.8 Å². The molecule has 2 saturated carbocycles. The number of piperidine rings is 1. The second-order valence-corrected chi connectivity index (χ2v) is 13.2. The fourth-order valence-corrected chi connectivity index (χ4v) is 6.88. The summed E-state index contributed by atoms with van der Waals surface area (Å²) < 4.78 is 54.6. The van der Waals surface area contributed by atoms with Crippen molar-refractivity contribution in [2.75, 3.05) is 51.8 Å². The number of hydrogen-bond donors (Lipinski definition) is 2. The first-order valence-corrected chi connectivity index (χ1v) is 14.8. The number of aromatic nitrogens is 2. The van der Waals surface area contributed by atoms with Crippen molar-refractivity contribution in [2.45, 2.75) is 51.4 Å². The van der Waals surface area contributed by atoms with E-state index >= 15 is 0 Å². The van der Waals surface area contributed by atoms with Gasteiger partial charge in [0.15, 0.2) is 0 Å². The van der Waals surface area contributed by atoms with Crippen LogP contribution in [0.2, 0.25) is 0 Å². The summed E-state index contributed by atoms with van der Waals surface area (Å²) in [6, 6.07) is 6.57. The number of alkyl halides is 2. The molecule has 3 heterocycles. The topological polar surface area (TPSA) is 108 Å². The Morgan fingerprint density at radius 2 is 1.76 bits per heavy atom. The summed E-state index contributed by atoms with van der Waals surface area (Å²) in [5.41, 5.74) is 2.48. The molecule has 204 valence electrons. The first-order valence-electron chi connectivity index (χ1n) is 13.2. The molecule has 9 nitrogen and oxygen atoms in total. The molecule has 2 aromatic rings. The van der Waals surface area contributed by atoms with E-state index in [-0.39, 0.29) is 23.4 Å². The van der Waals surface area contributed by atoms with Crippen LogP contribution in [0.4, 0.5) is 31.9 Å². The number of nitrogens with zero attached hydrogens (tertiary/aromatic N) is 4. The summed E-state index contributed by atoms with van der Waals surface area (Å²) in [5, 5.41) is 2.80. The van der Waals surface area contributed by atoms with Crippen molar-refractivity contribution in [3.63, 3.8) is 0 Å². The minimum atomic E-state index is -3.48. The molecule has 1 aromatic heterocycles. The van der Waals surface area contributed by atoms with Crippen molar-refractivity contribution < 1.29 is 22.0 Å². The van der Waals surface area contributed by atoms with E-state index in [1.165, 1.54) is 17.7 Å². The van der Waals surface area contributed by atoms with E-state index in [9.17, 15) is 22.0 Å². The predicted octanol–water partition coefficient (Wildman–Crippen LogP) is 4.02. The summed E-state index contributed by atoms with van der Waals surface area (Å²) in [5.74, 6) is -2.47. The fourth-order valence-electron chi connectivity index (χ4n) is 5.36. The Kier molecular flexibility index (Phi) is 6.00. The first kappa shape index (κ1) is 25.3. The lowest BCUT2D eigenvalue weighted by Crippen LogP contribution is -2.57. The number of rotatable bonds is 8. The first-order chi connectivity index (χ1) is 18.0. The molecule has 38 heavy (non-hydrogen) atoms. The quantitative estimate of drug-likeness (QED) is 0.515. The number of carbonyl (C=O) groups is 1. The molecule has 0 bridgehead atoms. The molecule has 0 atom stereocenters. The Morgan fingerprint density at radius 3 is 2.39 bits per heavy atom. The molecule has 0 radical (unpaired) electrons. The van der Waals surface area contributed by atoms with Gasteiger partial charge in [0.2, 0.25) is 16.0 Å². The van der Waals surface area contributed by atoms with E-state index in [0.29, 0.717) is 28.0 Å². The van der Waals surface area contributed by atoms with Gasteiger partial charge >= 0.3 is 0 Å². The highest BCUT2D eigenvalue weighted by atomic mass is 32.2. The third-order valence-electron chi connectivity index (χ3n) is 8.00. The number of benzene rings is 1. The monoisotopic (exact) mass is 546 g/mol. The molecule has 1 spiro atoms. The van der Waals surface area contributed by atoms with Crippen LogP contribution in [0, 0.1) is 18.3 Å². The van der Waals surface area contributed by atoms with E-state index in [0.717, 1.165) is 38.8 Å². The minimum Gasteiger partial charge on any atom is -0.371 e. The van der Waals surface area contributed by atoms with Crippen LogP contribution in [-0.4, -0.2) is 62.1 Å². The standard InChI is InChI=1S/C26H32F2N6O3S/c1-17-12-22(31-24(29-17)34-15-26(27,28)16-34)30-23(35)20-5-4-19(32-38(36,37)14-18-2-3-18)13-21(20)33-10-8-25(6-7-25)9-11-33/h4-5,12-13,18,32H,2-3,6-11,14-16H2,1H3,(H,29,30,31,35). The van der Waals surface area contributed by atoms with Crippen molar-refractivity contribution in [1.29, 1.82) is 0 Å². The molecule has 2 aliphatic heterocycles. The maximum Gasteiger partial charge on any atom is 0.282 e. The zero-order valence-corrected chi connectivity index (χ0v) is 22.2. The lowest BCUT2D eigenvalue weighted by molar-refractivity contribution is -0.0271. The summed E-state index contributed by atoms with van der Waals surface area (Å²) in [4.78, 5) is 25.5. The van der Waals surface area contributed by atoms with Crippen molar-refractivity contribution >= 4 is 39.1 Å².